The molecular weight excluding hydrogens is 244 g/mol. The summed E-state index contributed by atoms with van der Waals surface area (Å²) in [6, 6.07) is 11.4. The highest BCUT2D eigenvalue weighted by atomic mass is 15.0. The van der Waals surface area contributed by atoms with E-state index in [1.54, 1.807) is 0 Å². The molecule has 1 N–H and O–H groups in total. The van der Waals surface area contributed by atoms with Gasteiger partial charge in [0.2, 0.25) is 0 Å². The normalized spacial score (nSPS) is 12.6. The lowest BCUT2D eigenvalue weighted by molar-refractivity contribution is 0.540. The molecule has 2 rings (SSSR count). The van der Waals surface area contributed by atoms with Crippen LogP contribution in [0.3, 0.4) is 0 Å². The molecule has 0 spiro atoms. The summed E-state index contributed by atoms with van der Waals surface area (Å²) >= 11 is 0. The van der Waals surface area contributed by atoms with Crippen LogP contribution in [0.5, 0.6) is 0 Å². The minimum Gasteiger partial charge on any atom is -0.350 e. The molecule has 0 radical (unpaired) electrons. The van der Waals surface area contributed by atoms with Gasteiger partial charge in [0.05, 0.1) is 0 Å². The standard InChI is InChI=1S/C18H26N2/c1-5-10-20-11-6-7-17(20)13-19-16(4)18-9-8-14(2)12-15(18)3/h6-9,11-12,16,19H,5,10,13H2,1-4H3. The molecule has 2 aromatic rings. The predicted octanol–water partition coefficient (Wildman–Crippen LogP) is 4.37. The van der Waals surface area contributed by atoms with Crippen molar-refractivity contribution < 1.29 is 0 Å². The Balaban J connectivity index is 2.01. The van der Waals surface area contributed by atoms with Gasteiger partial charge in [-0.3, -0.25) is 0 Å². The Morgan fingerprint density at radius 2 is 2.00 bits per heavy atom. The van der Waals surface area contributed by atoms with E-state index in [9.17, 15) is 0 Å². The maximum absolute atomic E-state index is 3.64. The van der Waals surface area contributed by atoms with Gasteiger partial charge in [-0.25, -0.2) is 0 Å². The lowest BCUT2D eigenvalue weighted by Gasteiger charge is -2.18. The number of nitrogens with one attached hydrogen (secondary N) is 1. The summed E-state index contributed by atoms with van der Waals surface area (Å²) in [5.41, 5.74) is 5.46. The molecular formula is C18H26N2. The van der Waals surface area contributed by atoms with E-state index in [-0.39, 0.29) is 0 Å². The van der Waals surface area contributed by atoms with Crippen molar-refractivity contribution in [2.75, 3.05) is 0 Å². The van der Waals surface area contributed by atoms with E-state index in [1.807, 2.05) is 0 Å². The van der Waals surface area contributed by atoms with Crippen molar-refractivity contribution in [3.63, 3.8) is 0 Å². The monoisotopic (exact) mass is 270 g/mol. The van der Waals surface area contributed by atoms with Gasteiger partial charge in [0.1, 0.15) is 0 Å². The third-order valence-electron chi connectivity index (χ3n) is 3.87. The lowest BCUT2D eigenvalue weighted by Crippen LogP contribution is -2.20. The van der Waals surface area contributed by atoms with Crippen molar-refractivity contribution >= 4 is 0 Å². The third kappa shape index (κ3) is 3.51. The van der Waals surface area contributed by atoms with Crippen molar-refractivity contribution in [3.05, 3.63) is 58.9 Å². The SMILES string of the molecule is CCCn1cccc1CNC(C)c1ccc(C)cc1C. The Kier molecular flexibility index (Phi) is 5.02. The molecule has 1 aromatic carbocycles. The number of hydrogen-bond acceptors (Lipinski definition) is 1. The predicted molar refractivity (Wildman–Crippen MR) is 85.9 cm³/mol. The number of hydrogen-bond donors (Lipinski definition) is 1. The highest BCUT2D eigenvalue weighted by Crippen LogP contribution is 2.19. The second-order valence-electron chi connectivity index (χ2n) is 5.66. The highest BCUT2D eigenvalue weighted by molar-refractivity contribution is 5.32. The number of benzene rings is 1. The van der Waals surface area contributed by atoms with Crippen molar-refractivity contribution in [1.82, 2.24) is 9.88 Å². The quantitative estimate of drug-likeness (QED) is 0.825. The Morgan fingerprint density at radius 3 is 2.70 bits per heavy atom. The first-order valence-electron chi connectivity index (χ1n) is 7.56. The van der Waals surface area contributed by atoms with Gasteiger partial charge < -0.3 is 9.88 Å². The maximum atomic E-state index is 3.64. The molecule has 1 atom stereocenters. The van der Waals surface area contributed by atoms with Crippen LogP contribution in [-0.4, -0.2) is 4.57 Å². The molecule has 0 fully saturated rings. The van der Waals surface area contributed by atoms with Crippen molar-refractivity contribution in [2.45, 2.75) is 53.2 Å². The summed E-state index contributed by atoms with van der Waals surface area (Å²) < 4.78 is 2.34. The first kappa shape index (κ1) is 14.9. The molecule has 2 heteroatoms. The molecule has 0 bridgehead atoms. The number of aromatic nitrogens is 1. The Bertz CT molecular complexity index is 554. The molecule has 1 aromatic heterocycles. The second-order valence-corrected chi connectivity index (χ2v) is 5.66. The van der Waals surface area contributed by atoms with Gasteiger partial charge in [-0.1, -0.05) is 30.7 Å². The molecule has 0 amide bonds. The van der Waals surface area contributed by atoms with E-state index < -0.39 is 0 Å². The minimum atomic E-state index is 0.376. The van der Waals surface area contributed by atoms with Crippen LogP contribution in [0.25, 0.3) is 0 Å². The van der Waals surface area contributed by atoms with E-state index in [1.165, 1.54) is 28.8 Å². The fourth-order valence-corrected chi connectivity index (χ4v) is 2.75. The smallest absolute Gasteiger partial charge is 0.0364 e. The van der Waals surface area contributed by atoms with Crippen molar-refractivity contribution in [1.29, 1.82) is 0 Å². The number of aryl methyl sites for hydroxylation is 3. The fraction of sp³-hybridized carbons (Fsp3) is 0.444. The van der Waals surface area contributed by atoms with Gasteiger partial charge in [0.15, 0.2) is 0 Å². The maximum Gasteiger partial charge on any atom is 0.0364 e. The van der Waals surface area contributed by atoms with Crippen LogP contribution < -0.4 is 5.32 Å². The average molecular weight is 270 g/mol. The largest absolute Gasteiger partial charge is 0.350 e. The molecule has 1 heterocycles. The van der Waals surface area contributed by atoms with E-state index in [0.717, 1.165) is 13.1 Å². The van der Waals surface area contributed by atoms with Crippen LogP contribution in [0.1, 0.15) is 48.7 Å². The molecule has 20 heavy (non-hydrogen) atoms. The van der Waals surface area contributed by atoms with E-state index in [2.05, 4.69) is 74.1 Å². The van der Waals surface area contributed by atoms with E-state index >= 15 is 0 Å². The van der Waals surface area contributed by atoms with Crippen LogP contribution in [0.2, 0.25) is 0 Å². The molecule has 0 aliphatic carbocycles. The number of nitrogens with zero attached hydrogens (tertiary/aromatic N) is 1. The Hall–Kier alpha value is -1.54. The van der Waals surface area contributed by atoms with Gasteiger partial charge >= 0.3 is 0 Å². The summed E-state index contributed by atoms with van der Waals surface area (Å²) in [6.07, 6.45) is 3.34. The van der Waals surface area contributed by atoms with Crippen LogP contribution >= 0.6 is 0 Å². The third-order valence-corrected chi connectivity index (χ3v) is 3.87. The molecule has 108 valence electrons. The fourth-order valence-electron chi connectivity index (χ4n) is 2.75. The Labute approximate surface area is 122 Å². The average Bonchev–Trinajstić information content (AvgIpc) is 2.84. The molecule has 2 nitrogen and oxygen atoms in total. The zero-order valence-corrected chi connectivity index (χ0v) is 13.1. The van der Waals surface area contributed by atoms with Gasteiger partial charge in [0.25, 0.3) is 0 Å². The zero-order chi connectivity index (χ0) is 14.5. The van der Waals surface area contributed by atoms with Crippen molar-refractivity contribution in [2.24, 2.45) is 0 Å². The lowest BCUT2D eigenvalue weighted by atomic mass is 10.0. The van der Waals surface area contributed by atoms with Gasteiger partial charge in [0, 0.05) is 31.0 Å². The summed E-state index contributed by atoms with van der Waals surface area (Å²) in [4.78, 5) is 0. The summed E-state index contributed by atoms with van der Waals surface area (Å²) in [5, 5.41) is 3.64. The Morgan fingerprint density at radius 1 is 1.20 bits per heavy atom. The topological polar surface area (TPSA) is 17.0 Å². The molecule has 0 aliphatic heterocycles. The minimum absolute atomic E-state index is 0.376. The highest BCUT2D eigenvalue weighted by Gasteiger charge is 2.09. The van der Waals surface area contributed by atoms with Crippen LogP contribution in [0.15, 0.2) is 36.5 Å². The molecule has 0 aliphatic rings. The van der Waals surface area contributed by atoms with Gasteiger partial charge in [-0.2, -0.15) is 0 Å². The van der Waals surface area contributed by atoms with E-state index in [0.29, 0.717) is 6.04 Å². The number of rotatable bonds is 6. The van der Waals surface area contributed by atoms with Crippen LogP contribution in [-0.2, 0) is 13.1 Å². The summed E-state index contributed by atoms with van der Waals surface area (Å²) in [5.74, 6) is 0. The summed E-state index contributed by atoms with van der Waals surface area (Å²) in [6.45, 7) is 10.8. The van der Waals surface area contributed by atoms with E-state index in [4.69, 9.17) is 0 Å². The summed E-state index contributed by atoms with van der Waals surface area (Å²) in [7, 11) is 0. The van der Waals surface area contributed by atoms with Gasteiger partial charge in [-0.05, 0) is 50.5 Å². The van der Waals surface area contributed by atoms with Gasteiger partial charge in [-0.15, -0.1) is 0 Å². The second kappa shape index (κ2) is 6.76. The molecule has 0 saturated carbocycles. The van der Waals surface area contributed by atoms with Crippen LogP contribution in [0.4, 0.5) is 0 Å². The first-order chi connectivity index (χ1) is 9.61. The first-order valence-corrected chi connectivity index (χ1v) is 7.56. The van der Waals surface area contributed by atoms with Crippen molar-refractivity contribution in [3.8, 4) is 0 Å². The molecule has 1 unspecified atom stereocenters. The zero-order valence-electron chi connectivity index (χ0n) is 13.1. The van der Waals surface area contributed by atoms with Crippen LogP contribution in [0, 0.1) is 13.8 Å². The molecule has 0 saturated heterocycles.